The fourth-order valence-corrected chi connectivity index (χ4v) is 2.23. The molecule has 0 aromatic heterocycles. The van der Waals surface area contributed by atoms with Crippen LogP contribution in [0.3, 0.4) is 0 Å². The summed E-state index contributed by atoms with van der Waals surface area (Å²) in [6.07, 6.45) is 0.148. The Bertz CT molecular complexity index is 547. The highest BCUT2D eigenvalue weighted by molar-refractivity contribution is 5.70. The standard InChI is InChI=1S/C13H10N2O3/c14-7-9-6-10(8-4-2-1-3-5-8)11-12(17-9)15-13(16)18-11/h1-6,10-12H,(H,15,16)/t10-,11+,12-/m1/s1. The van der Waals surface area contributed by atoms with Crippen molar-refractivity contribution in [2.75, 3.05) is 0 Å². The van der Waals surface area contributed by atoms with E-state index in [2.05, 4.69) is 5.32 Å². The maximum atomic E-state index is 11.3. The topological polar surface area (TPSA) is 71.3 Å². The van der Waals surface area contributed by atoms with Crippen LogP contribution in [-0.4, -0.2) is 18.4 Å². The van der Waals surface area contributed by atoms with Gasteiger partial charge in [0.1, 0.15) is 6.07 Å². The number of carbonyl (C=O) groups is 1. The van der Waals surface area contributed by atoms with Crippen LogP contribution in [0.25, 0.3) is 0 Å². The molecule has 5 nitrogen and oxygen atoms in total. The number of allylic oxidation sites excluding steroid dienone is 1. The lowest BCUT2D eigenvalue weighted by molar-refractivity contribution is 0.0130. The van der Waals surface area contributed by atoms with E-state index in [1.54, 1.807) is 6.08 Å². The molecule has 2 heterocycles. The van der Waals surface area contributed by atoms with E-state index in [1.165, 1.54) is 0 Å². The molecule has 1 fully saturated rings. The van der Waals surface area contributed by atoms with E-state index in [0.717, 1.165) is 5.56 Å². The molecule has 1 aromatic carbocycles. The third kappa shape index (κ3) is 1.68. The highest BCUT2D eigenvalue weighted by atomic mass is 16.6. The molecule has 2 aliphatic heterocycles. The van der Waals surface area contributed by atoms with Crippen LogP contribution in [0.4, 0.5) is 4.79 Å². The fraction of sp³-hybridized carbons (Fsp3) is 0.231. The van der Waals surface area contributed by atoms with Crippen LogP contribution in [-0.2, 0) is 9.47 Å². The van der Waals surface area contributed by atoms with Crippen molar-refractivity contribution in [1.82, 2.24) is 5.32 Å². The summed E-state index contributed by atoms with van der Waals surface area (Å²) < 4.78 is 10.5. The van der Waals surface area contributed by atoms with Gasteiger partial charge in [0, 0.05) is 5.92 Å². The minimum Gasteiger partial charge on any atom is -0.457 e. The van der Waals surface area contributed by atoms with Gasteiger partial charge in [-0.1, -0.05) is 30.3 Å². The number of fused-ring (bicyclic) bond motifs is 1. The zero-order chi connectivity index (χ0) is 12.5. The average molecular weight is 242 g/mol. The first-order valence-corrected chi connectivity index (χ1v) is 5.58. The lowest BCUT2D eigenvalue weighted by Crippen LogP contribution is -2.39. The zero-order valence-corrected chi connectivity index (χ0v) is 9.37. The van der Waals surface area contributed by atoms with Crippen LogP contribution in [0, 0.1) is 11.3 Å². The maximum Gasteiger partial charge on any atom is 0.410 e. The summed E-state index contributed by atoms with van der Waals surface area (Å²) in [4.78, 5) is 11.3. The number of nitriles is 1. The first kappa shape index (κ1) is 10.7. The van der Waals surface area contributed by atoms with Crippen LogP contribution in [0.5, 0.6) is 0 Å². The van der Waals surface area contributed by atoms with Crippen LogP contribution >= 0.6 is 0 Å². The molecule has 90 valence electrons. The molecule has 0 spiro atoms. The Morgan fingerprint density at radius 2 is 2.00 bits per heavy atom. The van der Waals surface area contributed by atoms with Crippen LogP contribution in [0.15, 0.2) is 42.2 Å². The van der Waals surface area contributed by atoms with Gasteiger partial charge < -0.3 is 9.47 Å². The normalized spacial score (nSPS) is 29.2. The molecule has 0 bridgehead atoms. The van der Waals surface area contributed by atoms with Crippen molar-refractivity contribution in [3.05, 3.63) is 47.7 Å². The minimum atomic E-state index is -0.595. The van der Waals surface area contributed by atoms with E-state index in [9.17, 15) is 4.79 Å². The number of carbonyl (C=O) groups excluding carboxylic acids is 1. The highest BCUT2D eigenvalue weighted by Crippen LogP contribution is 2.34. The molecule has 3 rings (SSSR count). The summed E-state index contributed by atoms with van der Waals surface area (Å²) in [5.41, 5.74) is 0.986. The molecule has 2 aliphatic rings. The Balaban J connectivity index is 2.00. The van der Waals surface area contributed by atoms with Crippen molar-refractivity contribution < 1.29 is 14.3 Å². The highest BCUT2D eigenvalue weighted by Gasteiger charge is 2.44. The summed E-state index contributed by atoms with van der Waals surface area (Å²) in [6.45, 7) is 0. The number of nitrogens with one attached hydrogen (secondary N) is 1. The molecule has 1 aromatic rings. The average Bonchev–Trinajstić information content (AvgIpc) is 2.78. The van der Waals surface area contributed by atoms with E-state index in [1.807, 2.05) is 36.4 Å². The summed E-state index contributed by atoms with van der Waals surface area (Å²) >= 11 is 0. The van der Waals surface area contributed by atoms with Crippen LogP contribution in [0.2, 0.25) is 0 Å². The van der Waals surface area contributed by atoms with Crippen LogP contribution in [0.1, 0.15) is 11.5 Å². The molecular formula is C13H10N2O3. The number of rotatable bonds is 1. The Hall–Kier alpha value is -2.48. The van der Waals surface area contributed by atoms with Gasteiger partial charge in [0.25, 0.3) is 0 Å². The van der Waals surface area contributed by atoms with E-state index < -0.39 is 18.4 Å². The first-order valence-electron chi connectivity index (χ1n) is 5.58. The van der Waals surface area contributed by atoms with E-state index in [0.29, 0.717) is 0 Å². The van der Waals surface area contributed by atoms with E-state index in [-0.39, 0.29) is 11.7 Å². The molecule has 0 aliphatic carbocycles. The molecule has 1 amide bonds. The van der Waals surface area contributed by atoms with Crippen molar-refractivity contribution in [3.63, 3.8) is 0 Å². The van der Waals surface area contributed by atoms with Crippen molar-refractivity contribution in [3.8, 4) is 6.07 Å². The molecule has 0 radical (unpaired) electrons. The molecule has 0 unspecified atom stereocenters. The van der Waals surface area contributed by atoms with Gasteiger partial charge in [-0.25, -0.2) is 4.79 Å². The lowest BCUT2D eigenvalue weighted by atomic mass is 9.90. The predicted octanol–water partition coefficient (Wildman–Crippen LogP) is 1.64. The van der Waals surface area contributed by atoms with E-state index >= 15 is 0 Å². The number of hydrogen-bond donors (Lipinski definition) is 1. The van der Waals surface area contributed by atoms with Crippen molar-refractivity contribution in [2.24, 2.45) is 0 Å². The van der Waals surface area contributed by atoms with Crippen molar-refractivity contribution in [1.29, 1.82) is 5.26 Å². The van der Waals surface area contributed by atoms with Gasteiger partial charge in [0.2, 0.25) is 6.23 Å². The molecule has 5 heteroatoms. The summed E-state index contributed by atoms with van der Waals surface area (Å²) in [5, 5.41) is 11.5. The Morgan fingerprint density at radius 3 is 2.72 bits per heavy atom. The Labute approximate surface area is 104 Å². The third-order valence-corrected chi connectivity index (χ3v) is 3.04. The second-order valence-corrected chi connectivity index (χ2v) is 4.13. The zero-order valence-electron chi connectivity index (χ0n) is 9.37. The molecule has 3 atom stereocenters. The number of amides is 1. The summed E-state index contributed by atoms with van der Waals surface area (Å²) in [5.74, 6) is 0.0365. The van der Waals surface area contributed by atoms with Gasteiger partial charge >= 0.3 is 6.09 Å². The molecule has 18 heavy (non-hydrogen) atoms. The predicted molar refractivity (Wildman–Crippen MR) is 61.2 cm³/mol. The molecular weight excluding hydrogens is 232 g/mol. The van der Waals surface area contributed by atoms with Gasteiger partial charge in [-0.05, 0) is 11.6 Å². The largest absolute Gasteiger partial charge is 0.457 e. The number of ether oxygens (including phenoxy) is 2. The van der Waals surface area contributed by atoms with Gasteiger partial charge in [0.05, 0.1) is 0 Å². The SMILES string of the molecule is N#CC1=C[C@H](c2ccccc2)[C@@H]2OC(=O)N[C@@H]2O1. The Kier molecular flexibility index (Phi) is 2.41. The van der Waals surface area contributed by atoms with Gasteiger partial charge in [-0.3, -0.25) is 5.32 Å². The smallest absolute Gasteiger partial charge is 0.410 e. The van der Waals surface area contributed by atoms with Crippen molar-refractivity contribution in [2.45, 2.75) is 18.2 Å². The summed E-state index contributed by atoms with van der Waals surface area (Å²) in [6, 6.07) is 11.6. The monoisotopic (exact) mass is 242 g/mol. The van der Waals surface area contributed by atoms with Crippen LogP contribution < -0.4 is 5.32 Å². The van der Waals surface area contributed by atoms with Gasteiger partial charge in [0.15, 0.2) is 11.9 Å². The molecule has 1 saturated heterocycles. The van der Waals surface area contributed by atoms with E-state index in [4.69, 9.17) is 14.7 Å². The molecule has 0 saturated carbocycles. The fourth-order valence-electron chi connectivity index (χ4n) is 2.23. The van der Waals surface area contributed by atoms with Gasteiger partial charge in [-0.15, -0.1) is 0 Å². The third-order valence-electron chi connectivity index (χ3n) is 3.04. The second kappa shape index (κ2) is 4.08. The van der Waals surface area contributed by atoms with Crippen molar-refractivity contribution >= 4 is 6.09 Å². The quantitative estimate of drug-likeness (QED) is 0.812. The summed E-state index contributed by atoms with van der Waals surface area (Å²) in [7, 11) is 0. The van der Waals surface area contributed by atoms with Gasteiger partial charge in [-0.2, -0.15) is 5.26 Å². The second-order valence-electron chi connectivity index (χ2n) is 4.13. The number of nitrogens with zero attached hydrogens (tertiary/aromatic N) is 1. The Morgan fingerprint density at radius 1 is 1.22 bits per heavy atom. The minimum absolute atomic E-state index is 0.168. The number of hydrogen-bond acceptors (Lipinski definition) is 4. The molecule has 1 N–H and O–H groups in total. The number of alkyl carbamates (subject to hydrolysis) is 1. The maximum absolute atomic E-state index is 11.3. The number of benzene rings is 1. The lowest BCUT2D eigenvalue weighted by Gasteiger charge is -2.28. The first-order chi connectivity index (χ1) is 8.78.